The maximum Gasteiger partial charge on any atom is 0.250 e. The molecule has 4 N–H and O–H groups in total. The number of fused-ring (bicyclic) bond motifs is 1. The van der Waals surface area contributed by atoms with Gasteiger partial charge in [-0.25, -0.2) is 9.97 Å². The Bertz CT molecular complexity index is 1550. The molecule has 37 heavy (non-hydrogen) atoms. The molecule has 0 aliphatic rings. The maximum absolute atomic E-state index is 11.9. The summed E-state index contributed by atoms with van der Waals surface area (Å²) in [7, 11) is 1.72. The van der Waals surface area contributed by atoms with Gasteiger partial charge in [-0.15, -0.1) is 0 Å². The number of nitrogens with two attached hydrogens (primary N) is 1. The maximum atomic E-state index is 11.9. The number of aryl methyl sites for hydroxylation is 1. The molecule has 2 aromatic carbocycles. The van der Waals surface area contributed by atoms with Crippen molar-refractivity contribution < 1.29 is 5.11 Å². The van der Waals surface area contributed by atoms with E-state index < -0.39 is 5.60 Å². The molecular formula is C28H29ClN6O2. The molecule has 8 nitrogen and oxygen atoms in total. The molecule has 0 spiro atoms. The third-order valence-electron chi connectivity index (χ3n) is 5.61. The average Bonchev–Trinajstić information content (AvgIpc) is 2.86. The van der Waals surface area contributed by atoms with Crippen LogP contribution in [0.1, 0.15) is 25.2 Å². The van der Waals surface area contributed by atoms with E-state index >= 15 is 0 Å². The Hall–Kier alpha value is -4.01. The molecule has 2 heterocycles. The van der Waals surface area contributed by atoms with Gasteiger partial charge in [0.1, 0.15) is 5.82 Å². The van der Waals surface area contributed by atoms with Gasteiger partial charge in [0, 0.05) is 48.7 Å². The van der Waals surface area contributed by atoms with E-state index in [9.17, 15) is 9.90 Å². The number of aromatic nitrogens is 3. The van der Waals surface area contributed by atoms with E-state index in [4.69, 9.17) is 27.3 Å². The first kappa shape index (κ1) is 26.1. The first-order chi connectivity index (χ1) is 17.6. The van der Waals surface area contributed by atoms with E-state index in [1.165, 1.54) is 6.20 Å². The molecule has 0 saturated carbocycles. The predicted octanol–water partition coefficient (Wildman–Crippen LogP) is 4.40. The molecule has 0 aliphatic heterocycles. The lowest BCUT2D eigenvalue weighted by atomic mass is 10.0. The van der Waals surface area contributed by atoms with Gasteiger partial charge in [-0.2, -0.15) is 0 Å². The number of nitrogens with one attached hydrogen (secondary N) is 1. The summed E-state index contributed by atoms with van der Waals surface area (Å²) in [4.78, 5) is 25.7. The molecule has 0 aliphatic carbocycles. The normalized spacial score (nSPS) is 12.4. The third kappa shape index (κ3) is 6.61. The summed E-state index contributed by atoms with van der Waals surface area (Å²) >= 11 is 6.17. The van der Waals surface area contributed by atoms with Gasteiger partial charge in [0.2, 0.25) is 5.56 Å². The van der Waals surface area contributed by atoms with Gasteiger partial charge in [0.25, 0.3) is 0 Å². The Morgan fingerprint density at radius 3 is 2.65 bits per heavy atom. The molecule has 0 fully saturated rings. The molecule has 0 bridgehead atoms. The molecule has 9 heteroatoms. The number of aliphatic imine (C=N–C) groups is 1. The second-order valence-electron chi connectivity index (χ2n) is 9.38. The Kier molecular flexibility index (Phi) is 7.71. The van der Waals surface area contributed by atoms with Crippen molar-refractivity contribution in [2.24, 2.45) is 17.8 Å². The molecule has 2 aromatic heterocycles. The molecule has 190 valence electrons. The van der Waals surface area contributed by atoms with Crippen LogP contribution in [0.4, 0.5) is 5.82 Å². The van der Waals surface area contributed by atoms with Crippen molar-refractivity contribution in [3.8, 4) is 11.1 Å². The average molecular weight is 517 g/mol. The van der Waals surface area contributed by atoms with Gasteiger partial charge in [-0.3, -0.25) is 9.79 Å². The monoisotopic (exact) mass is 516 g/mol. The second kappa shape index (κ2) is 10.9. The number of hydrogen-bond donors (Lipinski definition) is 3. The summed E-state index contributed by atoms with van der Waals surface area (Å²) in [6.07, 6.45) is 4.76. The lowest BCUT2D eigenvalue weighted by Gasteiger charge is -2.14. The first-order valence-corrected chi connectivity index (χ1v) is 12.1. The van der Waals surface area contributed by atoms with Crippen LogP contribution in [0, 0.1) is 0 Å². The van der Waals surface area contributed by atoms with Gasteiger partial charge < -0.3 is 20.7 Å². The second-order valence-corrected chi connectivity index (χ2v) is 9.82. The van der Waals surface area contributed by atoms with Gasteiger partial charge in [0.05, 0.1) is 23.2 Å². The number of hydrogen-bond acceptors (Lipinski definition) is 7. The van der Waals surface area contributed by atoms with Crippen molar-refractivity contribution in [3.05, 3.63) is 93.8 Å². The van der Waals surface area contributed by atoms with Crippen LogP contribution in [0.3, 0.4) is 0 Å². The van der Waals surface area contributed by atoms with Gasteiger partial charge in [-0.05, 0) is 60.9 Å². The fraction of sp³-hybridized carbons (Fsp3) is 0.214. The Morgan fingerprint density at radius 1 is 1.16 bits per heavy atom. The minimum atomic E-state index is -0.943. The first-order valence-electron chi connectivity index (χ1n) is 11.7. The summed E-state index contributed by atoms with van der Waals surface area (Å²) in [6.45, 7) is 4.07. The molecule has 4 rings (SSSR count). The summed E-state index contributed by atoms with van der Waals surface area (Å²) in [6, 6.07) is 16.8. The van der Waals surface area contributed by atoms with Crippen LogP contribution in [0.15, 0.2) is 76.8 Å². The molecule has 0 amide bonds. The Labute approximate surface area is 220 Å². The molecule has 0 unspecified atom stereocenters. The van der Waals surface area contributed by atoms with Crippen molar-refractivity contribution in [3.63, 3.8) is 0 Å². The lowest BCUT2D eigenvalue weighted by molar-refractivity contribution is 0.0906. The molecular weight excluding hydrogens is 488 g/mol. The standard InChI is InChI=1S/C28H29ClN6O2/c1-28(2,37)17-31-15-21(13-30)26-33-24-9-7-19(20-8-10-25(36)35(3)16-20)12-23(24)27(34-26)32-14-18-5-4-6-22(29)11-18/h4-13,15-16,37H,14,17,30H2,1-3H3,(H,32,33,34). The molecule has 4 aromatic rings. The van der Waals surface area contributed by atoms with Crippen LogP contribution in [-0.2, 0) is 13.6 Å². The van der Waals surface area contributed by atoms with Gasteiger partial charge >= 0.3 is 0 Å². The quantitative estimate of drug-likeness (QED) is 0.299. The van der Waals surface area contributed by atoms with Crippen molar-refractivity contribution >= 4 is 40.1 Å². The van der Waals surface area contributed by atoms with E-state index in [2.05, 4.69) is 10.3 Å². The number of rotatable bonds is 8. The van der Waals surface area contributed by atoms with Crippen LogP contribution in [0.5, 0.6) is 0 Å². The highest BCUT2D eigenvalue weighted by Crippen LogP contribution is 2.29. The zero-order chi connectivity index (χ0) is 26.6. The largest absolute Gasteiger partial charge is 0.404 e. The van der Waals surface area contributed by atoms with Crippen molar-refractivity contribution in [2.75, 3.05) is 11.9 Å². The zero-order valence-corrected chi connectivity index (χ0v) is 21.7. The highest BCUT2D eigenvalue weighted by Gasteiger charge is 2.14. The smallest absolute Gasteiger partial charge is 0.250 e. The predicted molar refractivity (Wildman–Crippen MR) is 151 cm³/mol. The van der Waals surface area contributed by atoms with Crippen LogP contribution < -0.4 is 16.6 Å². The van der Waals surface area contributed by atoms with Crippen LogP contribution >= 0.6 is 11.6 Å². The lowest BCUT2D eigenvalue weighted by Crippen LogP contribution is -2.22. The van der Waals surface area contributed by atoms with Crippen LogP contribution in [0.25, 0.3) is 27.6 Å². The molecule has 0 radical (unpaired) electrons. The van der Waals surface area contributed by atoms with Gasteiger partial charge in [0.15, 0.2) is 5.82 Å². The fourth-order valence-corrected chi connectivity index (χ4v) is 3.92. The minimum absolute atomic E-state index is 0.0752. The van der Waals surface area contributed by atoms with Crippen molar-refractivity contribution in [2.45, 2.75) is 26.0 Å². The van der Waals surface area contributed by atoms with E-state index in [0.717, 1.165) is 22.1 Å². The van der Waals surface area contributed by atoms with Crippen LogP contribution in [-0.4, -0.2) is 38.0 Å². The fourth-order valence-electron chi connectivity index (χ4n) is 3.71. The number of nitrogens with zero attached hydrogens (tertiary/aromatic N) is 4. The number of halogens is 1. The Morgan fingerprint density at radius 2 is 1.95 bits per heavy atom. The molecule has 0 atom stereocenters. The summed E-state index contributed by atoms with van der Waals surface area (Å²) in [5.74, 6) is 1.01. The number of aliphatic hydroxyl groups is 1. The third-order valence-corrected chi connectivity index (χ3v) is 5.85. The summed E-state index contributed by atoms with van der Waals surface area (Å²) in [5, 5.41) is 14.8. The number of pyridine rings is 1. The van der Waals surface area contributed by atoms with Gasteiger partial charge in [-0.1, -0.05) is 29.8 Å². The molecule has 0 saturated heterocycles. The SMILES string of the molecule is Cn1cc(-c2ccc3nc(C(C=NCC(C)(C)O)=CN)nc(NCc4cccc(Cl)c4)c3c2)ccc1=O. The number of allylic oxidation sites excluding steroid dienone is 1. The zero-order valence-electron chi connectivity index (χ0n) is 20.9. The number of anilines is 1. The van der Waals surface area contributed by atoms with Crippen molar-refractivity contribution in [1.82, 2.24) is 14.5 Å². The highest BCUT2D eigenvalue weighted by atomic mass is 35.5. The van der Waals surface area contributed by atoms with E-state index in [-0.39, 0.29) is 12.1 Å². The summed E-state index contributed by atoms with van der Waals surface area (Å²) < 4.78 is 1.54. The Balaban J connectivity index is 1.78. The van der Waals surface area contributed by atoms with Crippen molar-refractivity contribution in [1.29, 1.82) is 0 Å². The van der Waals surface area contributed by atoms with E-state index in [1.807, 2.05) is 42.5 Å². The van der Waals surface area contributed by atoms with E-state index in [1.54, 1.807) is 50.0 Å². The minimum Gasteiger partial charge on any atom is -0.404 e. The number of benzene rings is 2. The summed E-state index contributed by atoms with van der Waals surface area (Å²) in [5.41, 5.74) is 8.94. The van der Waals surface area contributed by atoms with Crippen LogP contribution in [0.2, 0.25) is 5.02 Å². The van der Waals surface area contributed by atoms with E-state index in [0.29, 0.717) is 34.3 Å². The topological polar surface area (TPSA) is 118 Å². The highest BCUT2D eigenvalue weighted by molar-refractivity contribution is 6.30.